The van der Waals surface area contributed by atoms with Crippen LogP contribution in [0.4, 0.5) is 4.39 Å². The number of halogens is 1. The van der Waals surface area contributed by atoms with Crippen LogP contribution >= 0.6 is 0 Å². The van der Waals surface area contributed by atoms with Crippen LogP contribution in [-0.4, -0.2) is 13.0 Å². The van der Waals surface area contributed by atoms with Crippen LogP contribution in [0.3, 0.4) is 0 Å². The van der Waals surface area contributed by atoms with Crippen molar-refractivity contribution in [3.63, 3.8) is 0 Å². The van der Waals surface area contributed by atoms with E-state index in [2.05, 4.69) is 11.6 Å². The van der Waals surface area contributed by atoms with Gasteiger partial charge in [0.25, 0.3) is 0 Å². The number of nitrogens with zero attached hydrogens (tertiary/aromatic N) is 1. The molecule has 0 N–H and O–H groups in total. The molecule has 0 bridgehead atoms. The Labute approximate surface area is 36.2 Å². The molecule has 0 spiro atoms. The van der Waals surface area contributed by atoms with E-state index in [0.29, 0.717) is 0 Å². The van der Waals surface area contributed by atoms with Crippen LogP contribution in [0.15, 0.2) is 17.6 Å². The van der Waals surface area contributed by atoms with Gasteiger partial charge in [-0.3, -0.25) is 4.99 Å². The van der Waals surface area contributed by atoms with Crippen molar-refractivity contribution < 1.29 is 4.39 Å². The van der Waals surface area contributed by atoms with E-state index in [1.54, 1.807) is 0 Å². The summed E-state index contributed by atoms with van der Waals surface area (Å²) in [5.74, 6) is -0.519. The Hall–Kier alpha value is -0.660. The van der Waals surface area contributed by atoms with E-state index in [1.165, 1.54) is 7.05 Å². The molecule has 34 valence electrons. The maximum atomic E-state index is 11.5. The second-order valence-corrected chi connectivity index (χ2v) is 0.750. The van der Waals surface area contributed by atoms with Crippen LogP contribution < -0.4 is 0 Å². The lowest BCUT2D eigenvalue weighted by molar-refractivity contribution is 0.810. The minimum atomic E-state index is -0.519. The zero-order valence-corrected chi connectivity index (χ0v) is 3.61. The topological polar surface area (TPSA) is 12.4 Å². The summed E-state index contributed by atoms with van der Waals surface area (Å²) in [6.45, 7) is 3.13. The summed E-state index contributed by atoms with van der Waals surface area (Å²) in [5.41, 5.74) is 0. The zero-order valence-electron chi connectivity index (χ0n) is 3.61. The van der Waals surface area contributed by atoms with Gasteiger partial charge < -0.3 is 0 Å². The van der Waals surface area contributed by atoms with E-state index < -0.39 is 5.97 Å². The van der Waals surface area contributed by atoms with E-state index in [1.807, 2.05) is 0 Å². The van der Waals surface area contributed by atoms with Crippen molar-refractivity contribution >= 4 is 5.97 Å². The molecule has 0 fully saturated rings. The molecule has 0 aliphatic carbocycles. The standard InChI is InChI=1S/C4H6FN/c1-3-4(5)6-2/h3H,1H2,2H3/b6-4+. The molecule has 0 radical (unpaired) electrons. The van der Waals surface area contributed by atoms with Crippen molar-refractivity contribution in [2.75, 3.05) is 7.05 Å². The van der Waals surface area contributed by atoms with Crippen molar-refractivity contribution in [1.29, 1.82) is 0 Å². The summed E-state index contributed by atoms with van der Waals surface area (Å²) in [6.07, 6.45) is 1.06. The van der Waals surface area contributed by atoms with E-state index in [4.69, 9.17) is 0 Å². The lowest BCUT2D eigenvalue weighted by Gasteiger charge is -1.72. The Morgan fingerprint density at radius 3 is 2.50 bits per heavy atom. The van der Waals surface area contributed by atoms with E-state index in [-0.39, 0.29) is 0 Å². The van der Waals surface area contributed by atoms with Gasteiger partial charge in [-0.25, -0.2) is 0 Å². The molecular formula is C4H6FN. The van der Waals surface area contributed by atoms with Gasteiger partial charge in [0.1, 0.15) is 0 Å². The average Bonchev–Trinajstić information content (AvgIpc) is 1.65. The maximum Gasteiger partial charge on any atom is 0.207 e. The summed E-state index contributed by atoms with van der Waals surface area (Å²) in [5, 5.41) is 0. The first-order valence-electron chi connectivity index (χ1n) is 1.56. The highest BCUT2D eigenvalue weighted by Crippen LogP contribution is 1.74. The quantitative estimate of drug-likeness (QED) is 0.426. The molecule has 1 nitrogen and oxygen atoms in total. The van der Waals surface area contributed by atoms with Gasteiger partial charge in [-0.2, -0.15) is 4.39 Å². The first-order valence-corrected chi connectivity index (χ1v) is 1.56. The Morgan fingerprint density at radius 2 is 2.50 bits per heavy atom. The number of hydrogen-bond donors (Lipinski definition) is 0. The van der Waals surface area contributed by atoms with Gasteiger partial charge in [-0.05, 0) is 6.08 Å². The second-order valence-electron chi connectivity index (χ2n) is 0.750. The highest BCUT2D eigenvalue weighted by Gasteiger charge is 1.75. The van der Waals surface area contributed by atoms with Crippen LogP contribution in [0.25, 0.3) is 0 Å². The molecule has 6 heavy (non-hydrogen) atoms. The zero-order chi connectivity index (χ0) is 4.99. The van der Waals surface area contributed by atoms with E-state index in [0.717, 1.165) is 6.08 Å². The van der Waals surface area contributed by atoms with Gasteiger partial charge in [0.05, 0.1) is 0 Å². The molecule has 0 saturated heterocycles. The third kappa shape index (κ3) is 1.64. The van der Waals surface area contributed by atoms with E-state index in [9.17, 15) is 4.39 Å². The first kappa shape index (κ1) is 5.34. The second kappa shape index (κ2) is 2.57. The monoisotopic (exact) mass is 87.0 g/mol. The molecule has 0 aliphatic rings. The number of allylic oxidation sites excluding steroid dienone is 1. The van der Waals surface area contributed by atoms with Crippen molar-refractivity contribution in [2.45, 2.75) is 0 Å². The lowest BCUT2D eigenvalue weighted by atomic mass is 10.7. The largest absolute Gasteiger partial charge is 0.261 e. The molecule has 0 aliphatic heterocycles. The van der Waals surface area contributed by atoms with Crippen LogP contribution in [0, 0.1) is 0 Å². The third-order valence-corrected chi connectivity index (χ3v) is 0.382. The van der Waals surface area contributed by atoms with Gasteiger partial charge in [-0.15, -0.1) is 0 Å². The maximum absolute atomic E-state index is 11.5. The molecule has 0 heterocycles. The summed E-state index contributed by atoms with van der Waals surface area (Å²) < 4.78 is 11.5. The molecule has 0 amide bonds. The van der Waals surface area contributed by atoms with Crippen LogP contribution in [0.1, 0.15) is 0 Å². The molecule has 0 saturated carbocycles. The summed E-state index contributed by atoms with van der Waals surface area (Å²) in [7, 11) is 1.37. The molecule has 0 atom stereocenters. The first-order chi connectivity index (χ1) is 2.81. The van der Waals surface area contributed by atoms with Crippen molar-refractivity contribution in [3.8, 4) is 0 Å². The van der Waals surface area contributed by atoms with Gasteiger partial charge >= 0.3 is 0 Å². The smallest absolute Gasteiger partial charge is 0.207 e. The van der Waals surface area contributed by atoms with Crippen molar-refractivity contribution in [2.24, 2.45) is 4.99 Å². The minimum absolute atomic E-state index is 0.519. The molecule has 0 unspecified atom stereocenters. The Bertz CT molecular complexity index is 75.6. The summed E-state index contributed by atoms with van der Waals surface area (Å²) >= 11 is 0. The van der Waals surface area contributed by atoms with Gasteiger partial charge in [0.2, 0.25) is 5.97 Å². The average molecular weight is 87.1 g/mol. The van der Waals surface area contributed by atoms with Gasteiger partial charge in [-0.1, -0.05) is 6.58 Å². The third-order valence-electron chi connectivity index (χ3n) is 0.382. The summed E-state index contributed by atoms with van der Waals surface area (Å²) in [4.78, 5) is 3.14. The van der Waals surface area contributed by atoms with Crippen LogP contribution in [-0.2, 0) is 0 Å². The van der Waals surface area contributed by atoms with E-state index >= 15 is 0 Å². The van der Waals surface area contributed by atoms with Gasteiger partial charge in [0, 0.05) is 7.05 Å². The predicted molar refractivity (Wildman–Crippen MR) is 24.7 cm³/mol. The predicted octanol–water partition coefficient (Wildman–Crippen LogP) is 1.17. The highest BCUT2D eigenvalue weighted by molar-refractivity contribution is 5.85. The fourth-order valence-electron chi connectivity index (χ4n) is 0.0913. The fraction of sp³-hybridized carbons (Fsp3) is 0.250. The molecule has 0 rings (SSSR count). The molecule has 0 aromatic carbocycles. The lowest BCUT2D eigenvalue weighted by Crippen LogP contribution is -1.74. The molecule has 2 heteroatoms. The fourth-order valence-corrected chi connectivity index (χ4v) is 0.0913. The molecule has 0 aromatic rings. The van der Waals surface area contributed by atoms with Crippen LogP contribution in [0.5, 0.6) is 0 Å². The Morgan fingerprint density at radius 1 is 2.00 bits per heavy atom. The molecular weight excluding hydrogens is 81.0 g/mol. The highest BCUT2D eigenvalue weighted by atomic mass is 19.1. The van der Waals surface area contributed by atoms with Crippen molar-refractivity contribution in [3.05, 3.63) is 12.7 Å². The van der Waals surface area contributed by atoms with Gasteiger partial charge in [0.15, 0.2) is 0 Å². The Kier molecular flexibility index (Phi) is 2.29. The number of rotatable bonds is 1. The SMILES string of the molecule is C=C/C(F)=N\C. The van der Waals surface area contributed by atoms with Crippen molar-refractivity contribution in [1.82, 2.24) is 0 Å². The number of aliphatic imine (C=N–C) groups is 1. The molecule has 0 aromatic heterocycles. The normalized spacial score (nSPS) is 11.3. The van der Waals surface area contributed by atoms with Crippen LogP contribution in [0.2, 0.25) is 0 Å². The number of hydrogen-bond acceptors (Lipinski definition) is 1. The summed E-state index contributed by atoms with van der Waals surface area (Å²) in [6, 6.07) is 0. The minimum Gasteiger partial charge on any atom is -0.261 e. The Balaban J connectivity index is 3.50.